The van der Waals surface area contributed by atoms with Crippen LogP contribution in [-0.4, -0.2) is 22.4 Å². The predicted octanol–water partition coefficient (Wildman–Crippen LogP) is 0.506. The van der Waals surface area contributed by atoms with Crippen LogP contribution in [0.25, 0.3) is 0 Å². The first-order valence-electron chi connectivity index (χ1n) is 4.47. The zero-order chi connectivity index (χ0) is 11.4. The Morgan fingerprint density at radius 2 is 2.40 bits per heavy atom. The van der Waals surface area contributed by atoms with Crippen molar-refractivity contribution >= 4 is 5.97 Å². The Morgan fingerprint density at radius 3 is 2.93 bits per heavy atom. The van der Waals surface area contributed by atoms with E-state index >= 15 is 0 Å². The first-order chi connectivity index (χ1) is 7.06. The lowest BCUT2D eigenvalue weighted by molar-refractivity contribution is -0.147. The van der Waals surface area contributed by atoms with Crippen LogP contribution in [0.15, 0.2) is 17.1 Å². The van der Waals surface area contributed by atoms with E-state index in [9.17, 15) is 14.0 Å². The maximum atomic E-state index is 12.6. The Kier molecular flexibility index (Phi) is 3.54. The van der Waals surface area contributed by atoms with Gasteiger partial charge in [-0.3, -0.25) is 4.79 Å². The van der Waals surface area contributed by atoms with E-state index in [1.165, 1.54) is 6.92 Å². The summed E-state index contributed by atoms with van der Waals surface area (Å²) >= 11 is 0. The molecule has 0 spiro atoms. The Labute approximate surface area is 85.5 Å². The van der Waals surface area contributed by atoms with Gasteiger partial charge >= 0.3 is 5.97 Å². The van der Waals surface area contributed by atoms with Crippen molar-refractivity contribution in [1.82, 2.24) is 9.78 Å². The minimum atomic E-state index is -0.849. The van der Waals surface area contributed by atoms with Crippen LogP contribution in [0.1, 0.15) is 19.9 Å². The van der Waals surface area contributed by atoms with Crippen LogP contribution in [0.2, 0.25) is 0 Å². The number of hydrogen-bond donors (Lipinski definition) is 0. The van der Waals surface area contributed by atoms with E-state index in [0.29, 0.717) is 0 Å². The fourth-order valence-electron chi connectivity index (χ4n) is 1.05. The molecule has 1 rings (SSSR count). The molecule has 1 aromatic rings. The molecular formula is C9H11FN2O3. The van der Waals surface area contributed by atoms with Gasteiger partial charge < -0.3 is 4.74 Å². The Balaban J connectivity index is 2.96. The van der Waals surface area contributed by atoms with Crippen LogP contribution in [-0.2, 0) is 9.53 Å². The van der Waals surface area contributed by atoms with E-state index in [1.54, 1.807) is 6.92 Å². The summed E-state index contributed by atoms with van der Waals surface area (Å²) < 4.78 is 18.2. The third-order valence-electron chi connectivity index (χ3n) is 1.79. The molecule has 0 fully saturated rings. The fourth-order valence-corrected chi connectivity index (χ4v) is 1.05. The molecule has 0 aliphatic carbocycles. The molecule has 0 amide bonds. The summed E-state index contributed by atoms with van der Waals surface area (Å²) in [6.07, 6.45) is 0.872. The number of nitrogens with zero attached hydrogens (tertiary/aromatic N) is 2. The molecule has 1 atom stereocenters. The van der Waals surface area contributed by atoms with Crippen molar-refractivity contribution in [2.24, 2.45) is 0 Å². The Morgan fingerprint density at radius 1 is 1.73 bits per heavy atom. The van der Waals surface area contributed by atoms with Gasteiger partial charge in [-0.05, 0) is 13.8 Å². The van der Waals surface area contributed by atoms with E-state index in [4.69, 9.17) is 4.74 Å². The molecule has 0 saturated heterocycles. The van der Waals surface area contributed by atoms with Gasteiger partial charge in [0.2, 0.25) is 0 Å². The number of hydrogen-bond acceptors (Lipinski definition) is 4. The zero-order valence-corrected chi connectivity index (χ0v) is 8.44. The zero-order valence-electron chi connectivity index (χ0n) is 8.44. The monoisotopic (exact) mass is 214 g/mol. The third-order valence-corrected chi connectivity index (χ3v) is 1.79. The summed E-state index contributed by atoms with van der Waals surface area (Å²) in [5.41, 5.74) is -0.671. The van der Waals surface area contributed by atoms with Crippen molar-refractivity contribution in [2.75, 3.05) is 6.61 Å². The fraction of sp³-hybridized carbons (Fsp3) is 0.444. The normalized spacial score (nSPS) is 12.2. The topological polar surface area (TPSA) is 61.2 Å². The SMILES string of the molecule is CCOC(=O)C(C)n1ncc(F)cc1=O. The molecule has 1 aromatic heterocycles. The highest BCUT2D eigenvalue weighted by Crippen LogP contribution is 2.02. The van der Waals surface area contributed by atoms with Crippen LogP contribution in [0.5, 0.6) is 0 Å². The molecule has 0 aromatic carbocycles. The number of ether oxygens (including phenoxy) is 1. The Hall–Kier alpha value is -1.72. The van der Waals surface area contributed by atoms with Crippen LogP contribution in [0, 0.1) is 5.82 Å². The predicted molar refractivity (Wildman–Crippen MR) is 49.8 cm³/mol. The van der Waals surface area contributed by atoms with Gasteiger partial charge in [0.15, 0.2) is 6.04 Å². The second-order valence-corrected chi connectivity index (χ2v) is 2.88. The minimum absolute atomic E-state index is 0.221. The maximum absolute atomic E-state index is 12.6. The van der Waals surface area contributed by atoms with Crippen LogP contribution < -0.4 is 5.56 Å². The van der Waals surface area contributed by atoms with Gasteiger partial charge in [0.1, 0.15) is 5.82 Å². The molecule has 0 bridgehead atoms. The van der Waals surface area contributed by atoms with Crippen molar-refractivity contribution in [3.8, 4) is 0 Å². The number of carbonyl (C=O) groups excluding carboxylic acids is 1. The lowest BCUT2D eigenvalue weighted by Gasteiger charge is -2.11. The molecule has 0 radical (unpaired) electrons. The molecule has 15 heavy (non-hydrogen) atoms. The quantitative estimate of drug-likeness (QED) is 0.687. The van der Waals surface area contributed by atoms with Crippen molar-refractivity contribution in [3.05, 3.63) is 28.4 Å². The van der Waals surface area contributed by atoms with E-state index in [1.807, 2.05) is 0 Å². The van der Waals surface area contributed by atoms with E-state index in [2.05, 4.69) is 5.10 Å². The third kappa shape index (κ3) is 2.61. The largest absolute Gasteiger partial charge is 0.464 e. The van der Waals surface area contributed by atoms with Gasteiger partial charge in [-0.1, -0.05) is 0 Å². The molecule has 6 heteroatoms. The average Bonchev–Trinajstić information content (AvgIpc) is 2.17. The van der Waals surface area contributed by atoms with Gasteiger partial charge in [0, 0.05) is 6.07 Å². The van der Waals surface area contributed by atoms with Gasteiger partial charge in [0.05, 0.1) is 12.8 Å². The number of aromatic nitrogens is 2. The molecule has 0 aliphatic heterocycles. The molecule has 1 heterocycles. The first-order valence-corrected chi connectivity index (χ1v) is 4.47. The summed E-state index contributed by atoms with van der Waals surface area (Å²) in [7, 11) is 0. The summed E-state index contributed by atoms with van der Waals surface area (Å²) in [5.74, 6) is -1.30. The van der Waals surface area contributed by atoms with Crippen LogP contribution in [0.3, 0.4) is 0 Å². The van der Waals surface area contributed by atoms with E-state index < -0.39 is 23.4 Å². The van der Waals surface area contributed by atoms with E-state index in [-0.39, 0.29) is 6.61 Å². The highest BCUT2D eigenvalue weighted by molar-refractivity contribution is 5.73. The molecule has 5 nitrogen and oxygen atoms in total. The number of carbonyl (C=O) groups is 1. The summed E-state index contributed by atoms with van der Waals surface area (Å²) in [6.45, 7) is 3.34. The lowest BCUT2D eigenvalue weighted by atomic mass is 10.3. The highest BCUT2D eigenvalue weighted by Gasteiger charge is 2.18. The second kappa shape index (κ2) is 4.68. The van der Waals surface area contributed by atoms with Crippen LogP contribution >= 0.6 is 0 Å². The lowest BCUT2D eigenvalue weighted by Crippen LogP contribution is -2.31. The van der Waals surface area contributed by atoms with Gasteiger partial charge in [-0.15, -0.1) is 0 Å². The smallest absolute Gasteiger partial charge is 0.330 e. The van der Waals surface area contributed by atoms with Crippen molar-refractivity contribution in [2.45, 2.75) is 19.9 Å². The van der Waals surface area contributed by atoms with Gasteiger partial charge in [-0.25, -0.2) is 13.9 Å². The summed E-state index contributed by atoms with van der Waals surface area (Å²) in [5, 5.41) is 3.51. The number of rotatable bonds is 3. The first kappa shape index (κ1) is 11.4. The summed E-state index contributed by atoms with van der Waals surface area (Å²) in [6, 6.07) is -0.0824. The van der Waals surface area contributed by atoms with E-state index in [0.717, 1.165) is 16.9 Å². The Bertz CT molecular complexity index is 416. The molecule has 0 saturated carbocycles. The molecule has 82 valence electrons. The standard InChI is InChI=1S/C9H11FN2O3/c1-3-15-9(14)6(2)12-8(13)4-7(10)5-11-12/h4-6H,3H2,1-2H3. The molecule has 0 N–H and O–H groups in total. The van der Waals surface area contributed by atoms with Crippen LogP contribution in [0.4, 0.5) is 4.39 Å². The van der Waals surface area contributed by atoms with Gasteiger partial charge in [-0.2, -0.15) is 5.10 Å². The van der Waals surface area contributed by atoms with Crippen molar-refractivity contribution < 1.29 is 13.9 Å². The molecular weight excluding hydrogens is 203 g/mol. The molecule has 0 aliphatic rings. The van der Waals surface area contributed by atoms with Crippen molar-refractivity contribution in [1.29, 1.82) is 0 Å². The molecule has 1 unspecified atom stereocenters. The second-order valence-electron chi connectivity index (χ2n) is 2.88. The number of esters is 1. The summed E-state index contributed by atoms with van der Waals surface area (Å²) in [4.78, 5) is 22.5. The number of halogens is 1. The van der Waals surface area contributed by atoms with Gasteiger partial charge in [0.25, 0.3) is 5.56 Å². The van der Waals surface area contributed by atoms with Crippen molar-refractivity contribution in [3.63, 3.8) is 0 Å². The maximum Gasteiger partial charge on any atom is 0.330 e. The minimum Gasteiger partial charge on any atom is -0.464 e. The highest BCUT2D eigenvalue weighted by atomic mass is 19.1. The average molecular weight is 214 g/mol.